The fraction of sp³-hybridized carbons (Fsp3) is 0.450. The van der Waals surface area contributed by atoms with Gasteiger partial charge in [0, 0.05) is 30.2 Å². The molecule has 1 aliphatic rings. The molecule has 6 heteroatoms. The number of carbonyl (C=O) groups excluding carboxylic acids is 2. The molecule has 0 aliphatic heterocycles. The van der Waals surface area contributed by atoms with Crippen LogP contribution in [0.4, 0.5) is 11.4 Å². The van der Waals surface area contributed by atoms with Crippen LogP contribution in [0, 0.1) is 5.92 Å². The standard InChI is InChI=1S/C20H26N4O2/c1-15(24-13-5-12-21-24)20(26)23-18-9-4-8-17(14-18)22-19(25)11-10-16-6-2-3-7-16/h4-5,8-9,12-16H,2-3,6-7,10-11H2,1H3,(H,22,25)(H,23,26)/t15-/m1/s1. The Kier molecular flexibility index (Phi) is 6.04. The number of hydrogen-bond donors (Lipinski definition) is 2. The Morgan fingerprint density at radius 2 is 1.92 bits per heavy atom. The van der Waals surface area contributed by atoms with E-state index in [2.05, 4.69) is 15.7 Å². The third-order valence-electron chi connectivity index (χ3n) is 4.97. The van der Waals surface area contributed by atoms with Gasteiger partial charge in [-0.25, -0.2) is 0 Å². The van der Waals surface area contributed by atoms with Crippen LogP contribution < -0.4 is 10.6 Å². The molecule has 1 heterocycles. The minimum Gasteiger partial charge on any atom is -0.326 e. The van der Waals surface area contributed by atoms with E-state index in [-0.39, 0.29) is 11.8 Å². The molecule has 1 aliphatic carbocycles. The van der Waals surface area contributed by atoms with E-state index >= 15 is 0 Å². The van der Waals surface area contributed by atoms with Crippen molar-refractivity contribution in [2.24, 2.45) is 5.92 Å². The van der Waals surface area contributed by atoms with Crippen LogP contribution >= 0.6 is 0 Å². The fourth-order valence-corrected chi connectivity index (χ4v) is 3.41. The highest BCUT2D eigenvalue weighted by atomic mass is 16.2. The Balaban J connectivity index is 1.52. The molecule has 2 aromatic rings. The Hall–Kier alpha value is -2.63. The summed E-state index contributed by atoms with van der Waals surface area (Å²) in [5, 5.41) is 9.89. The lowest BCUT2D eigenvalue weighted by Crippen LogP contribution is -2.24. The van der Waals surface area contributed by atoms with Crippen molar-refractivity contribution < 1.29 is 9.59 Å². The number of rotatable bonds is 7. The molecular formula is C20H26N4O2. The zero-order chi connectivity index (χ0) is 18.4. The smallest absolute Gasteiger partial charge is 0.248 e. The van der Waals surface area contributed by atoms with Crippen LogP contribution in [0.25, 0.3) is 0 Å². The lowest BCUT2D eigenvalue weighted by molar-refractivity contribution is -0.119. The molecule has 6 nitrogen and oxygen atoms in total. The first-order valence-electron chi connectivity index (χ1n) is 9.32. The van der Waals surface area contributed by atoms with E-state index < -0.39 is 6.04 Å². The van der Waals surface area contributed by atoms with E-state index in [1.807, 2.05) is 18.2 Å². The summed E-state index contributed by atoms with van der Waals surface area (Å²) in [6.07, 6.45) is 10.0. The average molecular weight is 354 g/mol. The van der Waals surface area contributed by atoms with Crippen LogP contribution in [0.5, 0.6) is 0 Å². The number of nitrogens with one attached hydrogen (secondary N) is 2. The SMILES string of the molecule is C[C@H](C(=O)Nc1cccc(NC(=O)CCC2CCCC2)c1)n1cccn1. The Morgan fingerprint density at radius 1 is 1.19 bits per heavy atom. The van der Waals surface area contributed by atoms with Gasteiger partial charge in [-0.15, -0.1) is 0 Å². The maximum Gasteiger partial charge on any atom is 0.248 e. The summed E-state index contributed by atoms with van der Waals surface area (Å²) < 4.78 is 1.60. The first-order valence-corrected chi connectivity index (χ1v) is 9.32. The van der Waals surface area contributed by atoms with E-state index in [1.165, 1.54) is 25.7 Å². The fourth-order valence-electron chi connectivity index (χ4n) is 3.41. The quantitative estimate of drug-likeness (QED) is 0.789. The van der Waals surface area contributed by atoms with Gasteiger partial charge in [0.05, 0.1) is 0 Å². The lowest BCUT2D eigenvalue weighted by Gasteiger charge is -2.14. The summed E-state index contributed by atoms with van der Waals surface area (Å²) in [7, 11) is 0. The predicted molar refractivity (Wildman–Crippen MR) is 102 cm³/mol. The molecule has 1 aromatic heterocycles. The van der Waals surface area contributed by atoms with Crippen molar-refractivity contribution in [2.45, 2.75) is 51.5 Å². The molecule has 0 spiro atoms. The van der Waals surface area contributed by atoms with Gasteiger partial charge in [0.25, 0.3) is 0 Å². The van der Waals surface area contributed by atoms with Crippen LogP contribution in [0.15, 0.2) is 42.7 Å². The van der Waals surface area contributed by atoms with E-state index in [1.54, 1.807) is 36.1 Å². The average Bonchev–Trinajstić information content (AvgIpc) is 3.33. The number of benzene rings is 1. The first-order chi connectivity index (χ1) is 12.6. The molecule has 1 saturated carbocycles. The third kappa shape index (κ3) is 4.94. The monoisotopic (exact) mass is 354 g/mol. The molecule has 0 radical (unpaired) electrons. The van der Waals surface area contributed by atoms with Crippen LogP contribution in [-0.4, -0.2) is 21.6 Å². The molecule has 0 saturated heterocycles. The summed E-state index contributed by atoms with van der Waals surface area (Å²) in [6, 6.07) is 8.62. The van der Waals surface area contributed by atoms with Gasteiger partial charge in [-0.2, -0.15) is 5.10 Å². The highest BCUT2D eigenvalue weighted by Gasteiger charge is 2.17. The zero-order valence-electron chi connectivity index (χ0n) is 15.1. The molecule has 1 fully saturated rings. The third-order valence-corrected chi connectivity index (χ3v) is 4.97. The highest BCUT2D eigenvalue weighted by Crippen LogP contribution is 2.28. The summed E-state index contributed by atoms with van der Waals surface area (Å²) in [6.45, 7) is 1.79. The van der Waals surface area contributed by atoms with Crippen LogP contribution in [0.2, 0.25) is 0 Å². The minimum absolute atomic E-state index is 0.0327. The maximum atomic E-state index is 12.3. The molecular weight excluding hydrogens is 328 g/mol. The van der Waals surface area contributed by atoms with Crippen molar-refractivity contribution in [3.05, 3.63) is 42.7 Å². The van der Waals surface area contributed by atoms with Gasteiger partial charge >= 0.3 is 0 Å². The molecule has 0 unspecified atom stereocenters. The summed E-state index contributed by atoms with van der Waals surface area (Å²) in [5.41, 5.74) is 1.36. The summed E-state index contributed by atoms with van der Waals surface area (Å²) in [4.78, 5) is 24.5. The Bertz CT molecular complexity index is 736. The molecule has 0 bridgehead atoms. The molecule has 1 atom stereocenters. The number of anilines is 2. The Labute approximate surface area is 154 Å². The highest BCUT2D eigenvalue weighted by molar-refractivity contribution is 5.95. The van der Waals surface area contributed by atoms with Gasteiger partial charge in [-0.05, 0) is 43.5 Å². The van der Waals surface area contributed by atoms with E-state index in [4.69, 9.17) is 0 Å². The largest absolute Gasteiger partial charge is 0.326 e. The van der Waals surface area contributed by atoms with Gasteiger partial charge in [0.2, 0.25) is 11.8 Å². The van der Waals surface area contributed by atoms with Crippen molar-refractivity contribution in [3.63, 3.8) is 0 Å². The second-order valence-corrected chi connectivity index (χ2v) is 6.97. The molecule has 26 heavy (non-hydrogen) atoms. The van der Waals surface area contributed by atoms with E-state index in [0.29, 0.717) is 23.7 Å². The van der Waals surface area contributed by atoms with Crippen molar-refractivity contribution in [3.8, 4) is 0 Å². The van der Waals surface area contributed by atoms with Crippen molar-refractivity contribution in [2.75, 3.05) is 10.6 Å². The molecule has 138 valence electrons. The van der Waals surface area contributed by atoms with E-state index in [0.717, 1.165) is 6.42 Å². The summed E-state index contributed by atoms with van der Waals surface area (Å²) in [5.74, 6) is 0.582. The predicted octanol–water partition coefficient (Wildman–Crippen LogP) is 3.99. The summed E-state index contributed by atoms with van der Waals surface area (Å²) >= 11 is 0. The molecule has 2 amide bonds. The number of amides is 2. The van der Waals surface area contributed by atoms with Gasteiger partial charge < -0.3 is 10.6 Å². The number of nitrogens with zero attached hydrogens (tertiary/aromatic N) is 2. The number of hydrogen-bond acceptors (Lipinski definition) is 3. The van der Waals surface area contributed by atoms with Crippen LogP contribution in [-0.2, 0) is 9.59 Å². The second-order valence-electron chi connectivity index (χ2n) is 6.97. The van der Waals surface area contributed by atoms with E-state index in [9.17, 15) is 9.59 Å². The molecule has 3 rings (SSSR count). The van der Waals surface area contributed by atoms with Gasteiger partial charge in [0.15, 0.2) is 0 Å². The minimum atomic E-state index is -0.408. The molecule has 1 aromatic carbocycles. The van der Waals surface area contributed by atoms with Gasteiger partial charge in [0.1, 0.15) is 6.04 Å². The Morgan fingerprint density at radius 3 is 2.62 bits per heavy atom. The van der Waals surface area contributed by atoms with Crippen molar-refractivity contribution in [1.82, 2.24) is 9.78 Å². The normalized spacial score (nSPS) is 15.6. The van der Waals surface area contributed by atoms with Crippen molar-refractivity contribution in [1.29, 1.82) is 0 Å². The lowest BCUT2D eigenvalue weighted by atomic mass is 10.0. The molecule has 2 N–H and O–H groups in total. The first kappa shape index (κ1) is 18.2. The number of carbonyl (C=O) groups is 2. The second kappa shape index (κ2) is 8.65. The van der Waals surface area contributed by atoms with Gasteiger partial charge in [-0.3, -0.25) is 14.3 Å². The maximum absolute atomic E-state index is 12.3. The van der Waals surface area contributed by atoms with Crippen LogP contribution in [0.1, 0.15) is 51.5 Å². The number of aromatic nitrogens is 2. The topological polar surface area (TPSA) is 76.0 Å². The van der Waals surface area contributed by atoms with Gasteiger partial charge in [-0.1, -0.05) is 31.7 Å². The van der Waals surface area contributed by atoms with Crippen LogP contribution in [0.3, 0.4) is 0 Å². The zero-order valence-corrected chi connectivity index (χ0v) is 15.1. The van der Waals surface area contributed by atoms with Crippen molar-refractivity contribution >= 4 is 23.2 Å².